The van der Waals surface area contributed by atoms with Gasteiger partial charge in [-0.2, -0.15) is 0 Å². The number of nitrogens with zero attached hydrogens (tertiary/aromatic N) is 1. The summed E-state index contributed by atoms with van der Waals surface area (Å²) in [5.74, 6) is -0.0513. The Kier molecular flexibility index (Phi) is 5.95. The van der Waals surface area contributed by atoms with Crippen LogP contribution in [-0.4, -0.2) is 19.0 Å². The van der Waals surface area contributed by atoms with Crippen LogP contribution in [0.25, 0.3) is 0 Å². The summed E-state index contributed by atoms with van der Waals surface area (Å²) >= 11 is 0. The van der Waals surface area contributed by atoms with Gasteiger partial charge in [0.05, 0.1) is 6.04 Å². The smallest absolute Gasteiger partial charge is 0.252 e. The number of carbonyl (C=O) groups excluding carboxylic acids is 1. The molecule has 0 saturated carbocycles. The molecule has 1 amide bonds. The van der Waals surface area contributed by atoms with Crippen LogP contribution in [-0.2, 0) is 0 Å². The molecule has 3 aromatic carbocycles. The number of rotatable bonds is 5. The summed E-state index contributed by atoms with van der Waals surface area (Å²) in [5.41, 5.74) is 5.27. The predicted octanol–water partition coefficient (Wildman–Crippen LogP) is 5.50. The molecule has 0 aromatic heterocycles. The number of nitrogens with one attached hydrogen (secondary N) is 1. The van der Waals surface area contributed by atoms with Gasteiger partial charge in [-0.05, 0) is 61.6 Å². The van der Waals surface area contributed by atoms with Crippen LogP contribution >= 0.6 is 0 Å². The minimum Gasteiger partial charge on any atom is -0.372 e. The van der Waals surface area contributed by atoms with Gasteiger partial charge in [0.2, 0.25) is 0 Å². The number of anilines is 1. The predicted molar refractivity (Wildman–Crippen MR) is 119 cm³/mol. The van der Waals surface area contributed by atoms with E-state index in [2.05, 4.69) is 65.7 Å². The maximum Gasteiger partial charge on any atom is 0.252 e. The molecule has 3 aromatic rings. The molecule has 1 heterocycles. The standard InChI is InChI=1S/C26H28N2O/c1-20-10-12-22(13-11-20)25(21-8-4-2-5-9-21)27-26(29)23-14-16-24(17-15-23)28-18-6-3-7-19-28/h2,4-5,8-17,25H,3,6-7,18-19H2,1H3,(H,27,29)/t25-/m1/s1. The van der Waals surface area contributed by atoms with Crippen LogP contribution in [0, 0.1) is 6.92 Å². The minimum absolute atomic E-state index is 0.0513. The molecular weight excluding hydrogens is 356 g/mol. The molecule has 0 radical (unpaired) electrons. The SMILES string of the molecule is Cc1ccc([C@H](NC(=O)c2ccc(N3CCCCC3)cc2)c2ccccc2)cc1. The molecule has 3 heteroatoms. The van der Waals surface area contributed by atoms with E-state index < -0.39 is 0 Å². The van der Waals surface area contributed by atoms with Gasteiger partial charge in [-0.25, -0.2) is 0 Å². The largest absolute Gasteiger partial charge is 0.372 e. The number of benzene rings is 3. The third-order valence-electron chi connectivity index (χ3n) is 5.67. The molecule has 1 aliphatic rings. The lowest BCUT2D eigenvalue weighted by molar-refractivity contribution is 0.0943. The van der Waals surface area contributed by atoms with E-state index in [9.17, 15) is 4.79 Å². The summed E-state index contributed by atoms with van der Waals surface area (Å²) in [5, 5.41) is 3.23. The normalized spacial score (nSPS) is 15.0. The minimum atomic E-state index is -0.175. The molecular formula is C26H28N2O. The fourth-order valence-electron chi connectivity index (χ4n) is 3.95. The molecule has 1 fully saturated rings. The van der Waals surface area contributed by atoms with Gasteiger partial charge in [-0.3, -0.25) is 4.79 Å². The molecule has 0 bridgehead atoms. The number of piperidine rings is 1. The van der Waals surface area contributed by atoms with Crippen molar-refractivity contribution in [3.63, 3.8) is 0 Å². The van der Waals surface area contributed by atoms with Crippen molar-refractivity contribution in [2.24, 2.45) is 0 Å². The quantitative estimate of drug-likeness (QED) is 0.629. The summed E-state index contributed by atoms with van der Waals surface area (Å²) in [6.45, 7) is 4.29. The maximum absolute atomic E-state index is 13.0. The Bertz CT molecular complexity index is 927. The van der Waals surface area contributed by atoms with Crippen molar-refractivity contribution >= 4 is 11.6 Å². The summed E-state index contributed by atoms with van der Waals surface area (Å²) in [6.07, 6.45) is 3.81. The Morgan fingerprint density at radius 2 is 1.41 bits per heavy atom. The fraction of sp³-hybridized carbons (Fsp3) is 0.269. The van der Waals surface area contributed by atoms with Crippen LogP contribution in [0.2, 0.25) is 0 Å². The van der Waals surface area contributed by atoms with Crippen molar-refractivity contribution < 1.29 is 4.79 Å². The molecule has 0 aliphatic carbocycles. The van der Waals surface area contributed by atoms with Crippen LogP contribution < -0.4 is 10.2 Å². The second-order valence-electron chi connectivity index (χ2n) is 7.82. The zero-order chi connectivity index (χ0) is 20.1. The van der Waals surface area contributed by atoms with Gasteiger partial charge < -0.3 is 10.2 Å². The molecule has 1 N–H and O–H groups in total. The third-order valence-corrected chi connectivity index (χ3v) is 5.67. The van der Waals surface area contributed by atoms with Crippen LogP contribution in [0.4, 0.5) is 5.69 Å². The number of aryl methyl sites for hydroxylation is 1. The first-order valence-electron chi connectivity index (χ1n) is 10.5. The van der Waals surface area contributed by atoms with Crippen molar-refractivity contribution in [1.29, 1.82) is 0 Å². The highest BCUT2D eigenvalue weighted by molar-refractivity contribution is 5.95. The molecule has 148 valence electrons. The van der Waals surface area contributed by atoms with Gasteiger partial charge in [0.25, 0.3) is 5.91 Å². The average Bonchev–Trinajstić information content (AvgIpc) is 2.79. The van der Waals surface area contributed by atoms with Crippen molar-refractivity contribution in [3.05, 3.63) is 101 Å². The Labute approximate surface area is 173 Å². The first-order valence-corrected chi connectivity index (χ1v) is 10.5. The second kappa shape index (κ2) is 8.95. The zero-order valence-electron chi connectivity index (χ0n) is 17.0. The number of hydrogen-bond acceptors (Lipinski definition) is 2. The van der Waals surface area contributed by atoms with E-state index in [1.807, 2.05) is 30.3 Å². The van der Waals surface area contributed by atoms with Gasteiger partial charge in [0.1, 0.15) is 0 Å². The summed E-state index contributed by atoms with van der Waals surface area (Å²) in [7, 11) is 0. The van der Waals surface area contributed by atoms with E-state index in [0.29, 0.717) is 5.56 Å². The molecule has 1 aliphatic heterocycles. The van der Waals surface area contributed by atoms with E-state index in [4.69, 9.17) is 0 Å². The van der Waals surface area contributed by atoms with E-state index in [1.165, 1.54) is 30.5 Å². The fourth-order valence-corrected chi connectivity index (χ4v) is 3.95. The van der Waals surface area contributed by atoms with E-state index in [-0.39, 0.29) is 11.9 Å². The van der Waals surface area contributed by atoms with Crippen LogP contribution in [0.1, 0.15) is 52.4 Å². The second-order valence-corrected chi connectivity index (χ2v) is 7.82. The monoisotopic (exact) mass is 384 g/mol. The summed E-state index contributed by atoms with van der Waals surface area (Å²) in [6, 6.07) is 26.3. The summed E-state index contributed by atoms with van der Waals surface area (Å²) in [4.78, 5) is 15.4. The topological polar surface area (TPSA) is 32.3 Å². The molecule has 4 rings (SSSR count). The molecule has 1 saturated heterocycles. The van der Waals surface area contributed by atoms with Gasteiger partial charge >= 0.3 is 0 Å². The van der Waals surface area contributed by atoms with Crippen molar-refractivity contribution in [1.82, 2.24) is 5.32 Å². The highest BCUT2D eigenvalue weighted by Crippen LogP contribution is 2.24. The third kappa shape index (κ3) is 4.68. The molecule has 1 atom stereocenters. The molecule has 0 spiro atoms. The van der Waals surface area contributed by atoms with Gasteiger partial charge in [-0.15, -0.1) is 0 Å². The van der Waals surface area contributed by atoms with E-state index in [0.717, 1.165) is 24.2 Å². The Hall–Kier alpha value is -3.07. The highest BCUT2D eigenvalue weighted by atomic mass is 16.1. The van der Waals surface area contributed by atoms with Crippen molar-refractivity contribution in [2.75, 3.05) is 18.0 Å². The van der Waals surface area contributed by atoms with E-state index in [1.54, 1.807) is 0 Å². The van der Waals surface area contributed by atoms with Crippen LogP contribution in [0.15, 0.2) is 78.9 Å². The van der Waals surface area contributed by atoms with Crippen LogP contribution in [0.5, 0.6) is 0 Å². The maximum atomic E-state index is 13.0. The number of amides is 1. The average molecular weight is 385 g/mol. The molecule has 3 nitrogen and oxygen atoms in total. The lowest BCUT2D eigenvalue weighted by Crippen LogP contribution is -2.30. The Morgan fingerprint density at radius 1 is 0.793 bits per heavy atom. The Morgan fingerprint density at radius 3 is 2.07 bits per heavy atom. The number of hydrogen-bond donors (Lipinski definition) is 1. The highest BCUT2D eigenvalue weighted by Gasteiger charge is 2.18. The molecule has 0 unspecified atom stereocenters. The lowest BCUT2D eigenvalue weighted by atomic mass is 9.97. The lowest BCUT2D eigenvalue weighted by Gasteiger charge is -2.28. The zero-order valence-corrected chi connectivity index (χ0v) is 17.0. The molecule has 29 heavy (non-hydrogen) atoms. The van der Waals surface area contributed by atoms with Gasteiger partial charge in [-0.1, -0.05) is 60.2 Å². The van der Waals surface area contributed by atoms with Crippen molar-refractivity contribution in [3.8, 4) is 0 Å². The van der Waals surface area contributed by atoms with Gasteiger partial charge in [0.15, 0.2) is 0 Å². The van der Waals surface area contributed by atoms with Crippen LogP contribution in [0.3, 0.4) is 0 Å². The first kappa shape index (κ1) is 19.3. The first-order chi connectivity index (χ1) is 14.2. The van der Waals surface area contributed by atoms with Gasteiger partial charge in [0, 0.05) is 24.3 Å². The summed E-state index contributed by atoms with van der Waals surface area (Å²) < 4.78 is 0. The van der Waals surface area contributed by atoms with E-state index >= 15 is 0 Å². The number of carbonyl (C=O) groups is 1. The van der Waals surface area contributed by atoms with Crippen molar-refractivity contribution in [2.45, 2.75) is 32.2 Å². The Balaban J connectivity index is 1.54.